The number of rotatable bonds is 6. The van der Waals surface area contributed by atoms with Gasteiger partial charge in [-0.2, -0.15) is 0 Å². The average molecular weight is 328 g/mol. The van der Waals surface area contributed by atoms with Crippen LogP contribution in [0, 0.1) is 0 Å². The normalized spacial score (nSPS) is 20.2. The summed E-state index contributed by atoms with van der Waals surface area (Å²) in [6.45, 7) is 2.29. The Hall–Kier alpha value is -1.84. The minimum absolute atomic E-state index is 0.155. The maximum absolute atomic E-state index is 12.7. The number of carbonyl (C=O) groups is 2. The molecular formula is C20H28N2O2. The lowest BCUT2D eigenvalue weighted by molar-refractivity contribution is -0.130. The van der Waals surface area contributed by atoms with E-state index in [0.717, 1.165) is 63.6 Å². The van der Waals surface area contributed by atoms with Crippen LogP contribution in [0.25, 0.3) is 0 Å². The summed E-state index contributed by atoms with van der Waals surface area (Å²) in [6.07, 6.45) is 7.79. The highest BCUT2D eigenvalue weighted by atomic mass is 16.2. The van der Waals surface area contributed by atoms with Gasteiger partial charge in [0, 0.05) is 26.1 Å². The molecule has 24 heavy (non-hydrogen) atoms. The van der Waals surface area contributed by atoms with Gasteiger partial charge in [-0.25, -0.2) is 0 Å². The van der Waals surface area contributed by atoms with E-state index in [0.29, 0.717) is 13.0 Å². The van der Waals surface area contributed by atoms with E-state index in [1.807, 2.05) is 23.1 Å². The molecule has 1 N–H and O–H groups in total. The number of nitrogens with one attached hydrogen (secondary N) is 1. The fourth-order valence-corrected chi connectivity index (χ4v) is 3.85. The first kappa shape index (κ1) is 17.0. The third kappa shape index (κ3) is 3.63. The summed E-state index contributed by atoms with van der Waals surface area (Å²) in [5.74, 6) is 0.431. The van der Waals surface area contributed by atoms with E-state index in [2.05, 4.69) is 17.4 Å². The van der Waals surface area contributed by atoms with Gasteiger partial charge in [0.25, 0.3) is 0 Å². The van der Waals surface area contributed by atoms with E-state index in [1.54, 1.807) is 0 Å². The first-order valence-electron chi connectivity index (χ1n) is 9.34. The molecule has 4 nitrogen and oxygen atoms in total. The Labute approximate surface area is 144 Å². The van der Waals surface area contributed by atoms with Gasteiger partial charge in [-0.05, 0) is 37.7 Å². The van der Waals surface area contributed by atoms with Crippen LogP contribution in [0.3, 0.4) is 0 Å². The summed E-state index contributed by atoms with van der Waals surface area (Å²) >= 11 is 0. The van der Waals surface area contributed by atoms with Gasteiger partial charge in [-0.15, -0.1) is 0 Å². The molecule has 1 aromatic carbocycles. The quantitative estimate of drug-likeness (QED) is 0.816. The van der Waals surface area contributed by atoms with Crippen molar-refractivity contribution in [2.75, 3.05) is 19.6 Å². The molecule has 2 aliphatic rings. The summed E-state index contributed by atoms with van der Waals surface area (Å²) in [5.41, 5.74) is 0.816. The Morgan fingerprint density at radius 1 is 1.08 bits per heavy atom. The zero-order valence-electron chi connectivity index (χ0n) is 14.4. The molecular weight excluding hydrogens is 300 g/mol. The number of benzene rings is 1. The van der Waals surface area contributed by atoms with Gasteiger partial charge < -0.3 is 10.2 Å². The Bertz CT molecular complexity index is 566. The van der Waals surface area contributed by atoms with Crippen LogP contribution >= 0.6 is 0 Å². The number of amides is 2. The molecule has 0 unspecified atom stereocenters. The molecule has 0 atom stereocenters. The standard InChI is InChI=1S/C20H28N2O2/c23-18-11-5-2-6-15-22(18)16-8-14-21-19(24)20(12-7-13-20)17-9-3-1-4-10-17/h1,3-4,9-10H,2,5-8,11-16H2,(H,21,24). The zero-order chi connectivity index (χ0) is 16.8. The van der Waals surface area contributed by atoms with Gasteiger partial charge in [0.05, 0.1) is 5.41 Å². The maximum Gasteiger partial charge on any atom is 0.230 e. The number of likely N-dealkylation sites (tertiary alicyclic amines) is 1. The van der Waals surface area contributed by atoms with Gasteiger partial charge in [0.2, 0.25) is 11.8 Å². The summed E-state index contributed by atoms with van der Waals surface area (Å²) in [7, 11) is 0. The summed E-state index contributed by atoms with van der Waals surface area (Å²) in [5, 5.41) is 3.12. The molecule has 4 heteroatoms. The molecule has 1 saturated heterocycles. The molecule has 1 aromatic rings. The summed E-state index contributed by atoms with van der Waals surface area (Å²) in [4.78, 5) is 26.7. The Balaban J connectivity index is 1.48. The van der Waals surface area contributed by atoms with Gasteiger partial charge >= 0.3 is 0 Å². The van der Waals surface area contributed by atoms with Crippen LogP contribution in [-0.2, 0) is 15.0 Å². The second kappa shape index (κ2) is 7.82. The van der Waals surface area contributed by atoms with Crippen LogP contribution in [0.1, 0.15) is 56.9 Å². The van der Waals surface area contributed by atoms with E-state index >= 15 is 0 Å². The van der Waals surface area contributed by atoms with Crippen molar-refractivity contribution in [1.29, 1.82) is 0 Å². The van der Waals surface area contributed by atoms with Crippen LogP contribution in [-0.4, -0.2) is 36.3 Å². The van der Waals surface area contributed by atoms with Crippen LogP contribution < -0.4 is 5.32 Å². The second-order valence-electron chi connectivity index (χ2n) is 7.10. The molecule has 1 aliphatic carbocycles. The van der Waals surface area contributed by atoms with Gasteiger partial charge in [-0.1, -0.05) is 43.2 Å². The predicted octanol–water partition coefficient (Wildman–Crippen LogP) is 3.02. The fraction of sp³-hybridized carbons (Fsp3) is 0.600. The van der Waals surface area contributed by atoms with Crippen LogP contribution in [0.4, 0.5) is 0 Å². The lowest BCUT2D eigenvalue weighted by Gasteiger charge is -2.40. The highest BCUT2D eigenvalue weighted by Gasteiger charge is 2.45. The molecule has 1 saturated carbocycles. The maximum atomic E-state index is 12.7. The largest absolute Gasteiger partial charge is 0.355 e. The summed E-state index contributed by atoms with van der Waals surface area (Å²) in [6, 6.07) is 10.1. The van der Waals surface area contributed by atoms with Gasteiger partial charge in [0.1, 0.15) is 0 Å². The van der Waals surface area contributed by atoms with E-state index in [9.17, 15) is 9.59 Å². The molecule has 0 radical (unpaired) electrons. The minimum atomic E-state index is -0.320. The highest BCUT2D eigenvalue weighted by Crippen LogP contribution is 2.43. The Morgan fingerprint density at radius 2 is 1.88 bits per heavy atom. The monoisotopic (exact) mass is 328 g/mol. The molecule has 0 aromatic heterocycles. The number of carbonyl (C=O) groups excluding carboxylic acids is 2. The predicted molar refractivity (Wildman–Crippen MR) is 94.6 cm³/mol. The van der Waals surface area contributed by atoms with E-state index in [1.165, 1.54) is 0 Å². The fourth-order valence-electron chi connectivity index (χ4n) is 3.85. The SMILES string of the molecule is O=C1CCCCCN1CCCNC(=O)C1(c2ccccc2)CCC1. The lowest BCUT2D eigenvalue weighted by Crippen LogP contribution is -2.49. The second-order valence-corrected chi connectivity index (χ2v) is 7.10. The van der Waals surface area contributed by atoms with Gasteiger partial charge in [-0.3, -0.25) is 9.59 Å². The Kier molecular flexibility index (Phi) is 5.54. The molecule has 0 spiro atoms. The molecule has 130 valence electrons. The number of hydrogen-bond acceptors (Lipinski definition) is 2. The zero-order valence-corrected chi connectivity index (χ0v) is 14.4. The molecule has 2 amide bonds. The van der Waals surface area contributed by atoms with Crippen molar-refractivity contribution in [3.8, 4) is 0 Å². The van der Waals surface area contributed by atoms with Crippen molar-refractivity contribution in [2.24, 2.45) is 0 Å². The average Bonchev–Trinajstić information content (AvgIpc) is 2.76. The third-order valence-electron chi connectivity index (χ3n) is 5.53. The molecule has 0 bridgehead atoms. The first-order chi connectivity index (χ1) is 11.7. The Morgan fingerprint density at radius 3 is 2.58 bits per heavy atom. The number of nitrogens with zero attached hydrogens (tertiary/aromatic N) is 1. The van der Waals surface area contributed by atoms with Crippen molar-refractivity contribution in [1.82, 2.24) is 10.2 Å². The number of hydrogen-bond donors (Lipinski definition) is 1. The molecule has 3 rings (SSSR count). The third-order valence-corrected chi connectivity index (χ3v) is 5.53. The highest BCUT2D eigenvalue weighted by molar-refractivity contribution is 5.89. The minimum Gasteiger partial charge on any atom is -0.355 e. The topological polar surface area (TPSA) is 49.4 Å². The molecule has 1 aliphatic heterocycles. The van der Waals surface area contributed by atoms with Crippen LogP contribution in [0.15, 0.2) is 30.3 Å². The van der Waals surface area contributed by atoms with E-state index in [4.69, 9.17) is 0 Å². The smallest absolute Gasteiger partial charge is 0.230 e. The van der Waals surface area contributed by atoms with Crippen molar-refractivity contribution in [3.05, 3.63) is 35.9 Å². The molecule has 2 fully saturated rings. The molecule has 1 heterocycles. The van der Waals surface area contributed by atoms with E-state index < -0.39 is 0 Å². The van der Waals surface area contributed by atoms with Crippen LogP contribution in [0.2, 0.25) is 0 Å². The van der Waals surface area contributed by atoms with Crippen molar-refractivity contribution >= 4 is 11.8 Å². The van der Waals surface area contributed by atoms with Crippen molar-refractivity contribution < 1.29 is 9.59 Å². The lowest BCUT2D eigenvalue weighted by atomic mass is 9.64. The van der Waals surface area contributed by atoms with Crippen LogP contribution in [0.5, 0.6) is 0 Å². The van der Waals surface area contributed by atoms with Crippen molar-refractivity contribution in [2.45, 2.75) is 56.8 Å². The van der Waals surface area contributed by atoms with Crippen molar-refractivity contribution in [3.63, 3.8) is 0 Å². The first-order valence-corrected chi connectivity index (χ1v) is 9.34. The summed E-state index contributed by atoms with van der Waals surface area (Å²) < 4.78 is 0. The van der Waals surface area contributed by atoms with Gasteiger partial charge in [0.15, 0.2) is 0 Å². The van der Waals surface area contributed by atoms with E-state index in [-0.39, 0.29) is 17.2 Å².